The van der Waals surface area contributed by atoms with Gasteiger partial charge in [0.25, 0.3) is 0 Å². The molecule has 88 valence electrons. The highest BCUT2D eigenvalue weighted by Gasteiger charge is 2.46. The first-order valence-electron chi connectivity index (χ1n) is 5.52. The molecule has 0 saturated carbocycles. The van der Waals surface area contributed by atoms with Crippen LogP contribution >= 0.6 is 11.8 Å². The SMILES string of the molecule is CC1(C)CCSCC1(O)c1cccc(F)c1. The molecule has 1 aliphatic rings. The fraction of sp³-hybridized carbons (Fsp3) is 0.538. The van der Waals surface area contributed by atoms with Gasteiger partial charge in [-0.1, -0.05) is 26.0 Å². The van der Waals surface area contributed by atoms with E-state index in [1.165, 1.54) is 12.1 Å². The molecule has 3 heteroatoms. The summed E-state index contributed by atoms with van der Waals surface area (Å²) >= 11 is 1.73. The summed E-state index contributed by atoms with van der Waals surface area (Å²) in [6, 6.07) is 6.35. The predicted molar refractivity (Wildman–Crippen MR) is 66.0 cm³/mol. The Kier molecular flexibility index (Phi) is 3.01. The molecule has 0 aromatic heterocycles. The van der Waals surface area contributed by atoms with Crippen molar-refractivity contribution in [3.05, 3.63) is 35.6 Å². The van der Waals surface area contributed by atoms with Crippen LogP contribution in [0.1, 0.15) is 25.8 Å². The van der Waals surface area contributed by atoms with Crippen LogP contribution in [0.4, 0.5) is 4.39 Å². The lowest BCUT2D eigenvalue weighted by Crippen LogP contribution is -2.47. The van der Waals surface area contributed by atoms with Gasteiger partial charge in [-0.15, -0.1) is 0 Å². The van der Waals surface area contributed by atoms with Gasteiger partial charge in [-0.05, 0) is 35.3 Å². The second-order valence-electron chi connectivity index (χ2n) is 5.06. The van der Waals surface area contributed by atoms with Crippen LogP contribution in [0.3, 0.4) is 0 Å². The summed E-state index contributed by atoms with van der Waals surface area (Å²) in [7, 11) is 0. The van der Waals surface area contributed by atoms with Crippen LogP contribution in [0.2, 0.25) is 0 Å². The quantitative estimate of drug-likeness (QED) is 0.813. The zero-order valence-electron chi connectivity index (χ0n) is 9.66. The van der Waals surface area contributed by atoms with E-state index in [9.17, 15) is 9.50 Å². The summed E-state index contributed by atoms with van der Waals surface area (Å²) in [5.41, 5.74) is -0.422. The van der Waals surface area contributed by atoms with Gasteiger partial charge in [0.05, 0.1) is 0 Å². The number of halogens is 1. The lowest BCUT2D eigenvalue weighted by molar-refractivity contribution is -0.0580. The van der Waals surface area contributed by atoms with Gasteiger partial charge >= 0.3 is 0 Å². The van der Waals surface area contributed by atoms with Gasteiger partial charge in [-0.3, -0.25) is 0 Å². The van der Waals surface area contributed by atoms with Crippen molar-refractivity contribution < 1.29 is 9.50 Å². The first-order chi connectivity index (χ1) is 7.46. The Morgan fingerprint density at radius 1 is 1.38 bits per heavy atom. The molecule has 0 spiro atoms. The van der Waals surface area contributed by atoms with Crippen LogP contribution in [0.25, 0.3) is 0 Å². The number of hydrogen-bond donors (Lipinski definition) is 1. The molecule has 0 radical (unpaired) electrons. The number of benzene rings is 1. The lowest BCUT2D eigenvalue weighted by Gasteiger charge is -2.46. The van der Waals surface area contributed by atoms with Crippen LogP contribution in [0.15, 0.2) is 24.3 Å². The number of rotatable bonds is 1. The summed E-state index contributed by atoms with van der Waals surface area (Å²) < 4.78 is 13.2. The van der Waals surface area contributed by atoms with Crippen molar-refractivity contribution in [2.45, 2.75) is 25.9 Å². The lowest BCUT2D eigenvalue weighted by atomic mass is 9.70. The maximum Gasteiger partial charge on any atom is 0.123 e. The van der Waals surface area contributed by atoms with Gasteiger partial charge in [0, 0.05) is 5.75 Å². The van der Waals surface area contributed by atoms with E-state index in [0.717, 1.165) is 12.2 Å². The zero-order chi connectivity index (χ0) is 11.8. The Labute approximate surface area is 100 Å². The van der Waals surface area contributed by atoms with E-state index in [-0.39, 0.29) is 11.2 Å². The largest absolute Gasteiger partial charge is 0.384 e. The molecule has 2 rings (SSSR count). The maximum absolute atomic E-state index is 13.2. The molecular formula is C13H17FOS. The molecule has 0 amide bonds. The maximum atomic E-state index is 13.2. The number of hydrogen-bond acceptors (Lipinski definition) is 2. The minimum Gasteiger partial charge on any atom is -0.384 e. The summed E-state index contributed by atoms with van der Waals surface area (Å²) in [6.07, 6.45) is 0.949. The van der Waals surface area contributed by atoms with Crippen LogP contribution in [0, 0.1) is 11.2 Å². The third kappa shape index (κ3) is 1.87. The molecule has 16 heavy (non-hydrogen) atoms. The van der Waals surface area contributed by atoms with E-state index in [4.69, 9.17) is 0 Å². The molecule has 1 unspecified atom stereocenters. The Balaban J connectivity index is 2.43. The Morgan fingerprint density at radius 2 is 2.12 bits per heavy atom. The fourth-order valence-corrected chi connectivity index (χ4v) is 3.82. The monoisotopic (exact) mass is 240 g/mol. The van der Waals surface area contributed by atoms with E-state index >= 15 is 0 Å². The van der Waals surface area contributed by atoms with Crippen LogP contribution in [-0.4, -0.2) is 16.6 Å². The Morgan fingerprint density at radius 3 is 2.75 bits per heavy atom. The highest BCUT2D eigenvalue weighted by Crippen LogP contribution is 2.48. The highest BCUT2D eigenvalue weighted by atomic mass is 32.2. The Bertz CT molecular complexity index is 391. The van der Waals surface area contributed by atoms with Gasteiger partial charge in [0.1, 0.15) is 11.4 Å². The summed E-state index contributed by atoms with van der Waals surface area (Å²) in [6.45, 7) is 4.11. The second kappa shape index (κ2) is 4.04. The molecule has 1 atom stereocenters. The number of aliphatic hydroxyl groups is 1. The van der Waals surface area contributed by atoms with Crippen LogP contribution in [-0.2, 0) is 5.60 Å². The third-order valence-corrected chi connectivity index (χ3v) is 4.72. The van der Waals surface area contributed by atoms with Crippen LogP contribution in [0.5, 0.6) is 0 Å². The van der Waals surface area contributed by atoms with Crippen molar-refractivity contribution in [2.75, 3.05) is 11.5 Å². The zero-order valence-corrected chi connectivity index (χ0v) is 10.5. The normalized spacial score (nSPS) is 29.0. The third-order valence-electron chi connectivity index (χ3n) is 3.60. The standard InChI is InChI=1S/C13H17FOS/c1-12(2)6-7-16-9-13(12,15)10-4-3-5-11(14)8-10/h3-5,8,15H,6-7,9H2,1-2H3. The predicted octanol–water partition coefficient (Wildman–Crippen LogP) is 3.18. The van der Waals surface area contributed by atoms with Crippen molar-refractivity contribution in [1.82, 2.24) is 0 Å². The molecule has 0 bridgehead atoms. The van der Waals surface area contributed by atoms with Gasteiger partial charge in [-0.25, -0.2) is 4.39 Å². The smallest absolute Gasteiger partial charge is 0.123 e. The van der Waals surface area contributed by atoms with Crippen molar-refractivity contribution >= 4 is 11.8 Å². The molecule has 1 aliphatic heterocycles. The average molecular weight is 240 g/mol. The topological polar surface area (TPSA) is 20.2 Å². The molecule has 1 heterocycles. The van der Waals surface area contributed by atoms with Crippen molar-refractivity contribution in [3.63, 3.8) is 0 Å². The van der Waals surface area contributed by atoms with E-state index in [2.05, 4.69) is 13.8 Å². The first-order valence-corrected chi connectivity index (χ1v) is 6.67. The highest BCUT2D eigenvalue weighted by molar-refractivity contribution is 7.99. The minimum absolute atomic E-state index is 0.202. The molecule has 1 N–H and O–H groups in total. The molecule has 1 nitrogen and oxygen atoms in total. The summed E-state index contributed by atoms with van der Waals surface area (Å²) in [5, 5.41) is 10.8. The van der Waals surface area contributed by atoms with Gasteiger partial charge in [-0.2, -0.15) is 11.8 Å². The van der Waals surface area contributed by atoms with Crippen molar-refractivity contribution in [1.29, 1.82) is 0 Å². The average Bonchev–Trinajstić information content (AvgIpc) is 2.22. The van der Waals surface area contributed by atoms with Crippen molar-refractivity contribution in [2.24, 2.45) is 5.41 Å². The van der Waals surface area contributed by atoms with Gasteiger partial charge < -0.3 is 5.11 Å². The van der Waals surface area contributed by atoms with E-state index < -0.39 is 5.60 Å². The summed E-state index contributed by atoms with van der Waals surface area (Å²) in [5.74, 6) is 1.42. The molecule has 1 aromatic rings. The van der Waals surface area contributed by atoms with Gasteiger partial charge in [0.15, 0.2) is 0 Å². The van der Waals surface area contributed by atoms with E-state index in [1.54, 1.807) is 17.8 Å². The van der Waals surface area contributed by atoms with Gasteiger partial charge in [0.2, 0.25) is 0 Å². The van der Waals surface area contributed by atoms with Crippen molar-refractivity contribution in [3.8, 4) is 0 Å². The molecule has 1 fully saturated rings. The Hall–Kier alpha value is -0.540. The summed E-state index contributed by atoms with van der Waals surface area (Å²) in [4.78, 5) is 0. The minimum atomic E-state index is -0.919. The molecule has 0 aliphatic carbocycles. The second-order valence-corrected chi connectivity index (χ2v) is 6.16. The molecular weight excluding hydrogens is 223 g/mol. The molecule has 1 aromatic carbocycles. The fourth-order valence-electron chi connectivity index (χ4n) is 2.17. The molecule has 1 saturated heterocycles. The van der Waals surface area contributed by atoms with E-state index in [0.29, 0.717) is 11.3 Å². The van der Waals surface area contributed by atoms with E-state index in [1.807, 2.05) is 6.07 Å². The van der Waals surface area contributed by atoms with Crippen LogP contribution < -0.4 is 0 Å². The number of thioether (sulfide) groups is 1. The first kappa shape index (κ1) is 11.9.